The second-order valence-corrected chi connectivity index (χ2v) is 4.48. The van der Waals surface area contributed by atoms with E-state index in [0.717, 1.165) is 25.7 Å². The Bertz CT molecular complexity index is 411. The predicted molar refractivity (Wildman–Crippen MR) is 60.9 cm³/mol. The van der Waals surface area contributed by atoms with Crippen LogP contribution >= 0.6 is 0 Å². The first-order chi connectivity index (χ1) is 8.27. The van der Waals surface area contributed by atoms with Gasteiger partial charge in [0.05, 0.1) is 12.3 Å². The standard InChI is InChI=1S/C12H15N3O2/c13-9-12(5-3-1-2-4-6-12)11(16)15-10-7-14-17-8-10/h7-8H,1-6H2,(H,15,16). The summed E-state index contributed by atoms with van der Waals surface area (Å²) in [5, 5.41) is 15.5. The van der Waals surface area contributed by atoms with Crippen molar-refractivity contribution in [2.75, 3.05) is 5.32 Å². The third kappa shape index (κ3) is 2.47. The molecule has 1 aliphatic rings. The Labute approximate surface area is 99.8 Å². The van der Waals surface area contributed by atoms with E-state index in [-0.39, 0.29) is 5.91 Å². The Morgan fingerprint density at radius 3 is 2.65 bits per heavy atom. The molecule has 1 N–H and O–H groups in total. The third-order valence-corrected chi connectivity index (χ3v) is 3.30. The number of anilines is 1. The van der Waals surface area contributed by atoms with E-state index in [1.54, 1.807) is 0 Å². The number of nitrogens with zero attached hydrogens (tertiary/aromatic N) is 2. The van der Waals surface area contributed by atoms with Crippen molar-refractivity contribution in [3.8, 4) is 6.07 Å². The van der Waals surface area contributed by atoms with Crippen LogP contribution in [0.5, 0.6) is 0 Å². The molecule has 2 rings (SSSR count). The minimum absolute atomic E-state index is 0.231. The lowest BCUT2D eigenvalue weighted by molar-refractivity contribution is -0.123. The van der Waals surface area contributed by atoms with Crippen LogP contribution in [0.2, 0.25) is 0 Å². The van der Waals surface area contributed by atoms with Gasteiger partial charge in [-0.15, -0.1) is 0 Å². The maximum Gasteiger partial charge on any atom is 0.244 e. The first-order valence-electron chi connectivity index (χ1n) is 5.89. The summed E-state index contributed by atoms with van der Waals surface area (Å²) >= 11 is 0. The van der Waals surface area contributed by atoms with Gasteiger partial charge in [0.15, 0.2) is 0 Å². The summed E-state index contributed by atoms with van der Waals surface area (Å²) in [5.41, 5.74) is -0.373. The van der Waals surface area contributed by atoms with Crippen LogP contribution in [0.1, 0.15) is 38.5 Å². The number of hydrogen-bond acceptors (Lipinski definition) is 4. The zero-order chi connectivity index (χ0) is 12.1. The number of carbonyl (C=O) groups excluding carboxylic acids is 1. The van der Waals surface area contributed by atoms with Crippen LogP contribution in [0, 0.1) is 16.7 Å². The topological polar surface area (TPSA) is 78.9 Å². The van der Waals surface area contributed by atoms with Gasteiger partial charge in [-0.2, -0.15) is 5.26 Å². The average Bonchev–Trinajstić information content (AvgIpc) is 2.72. The number of aromatic nitrogens is 1. The van der Waals surface area contributed by atoms with E-state index >= 15 is 0 Å². The largest absolute Gasteiger partial charge is 0.363 e. The van der Waals surface area contributed by atoms with E-state index in [4.69, 9.17) is 0 Å². The number of nitriles is 1. The molecule has 5 nitrogen and oxygen atoms in total. The lowest BCUT2D eigenvalue weighted by Crippen LogP contribution is -2.34. The Morgan fingerprint density at radius 2 is 2.12 bits per heavy atom. The molecule has 0 aliphatic heterocycles. The molecule has 1 aromatic heterocycles. The van der Waals surface area contributed by atoms with Crippen molar-refractivity contribution in [3.63, 3.8) is 0 Å². The molecule has 1 aromatic rings. The summed E-state index contributed by atoms with van der Waals surface area (Å²) in [5.74, 6) is -0.231. The van der Waals surface area contributed by atoms with Gasteiger partial charge < -0.3 is 9.84 Å². The Kier molecular flexibility index (Phi) is 3.43. The quantitative estimate of drug-likeness (QED) is 0.796. The molecule has 1 fully saturated rings. The molecular weight excluding hydrogens is 218 g/mol. The second kappa shape index (κ2) is 5.00. The lowest BCUT2D eigenvalue weighted by atomic mass is 9.81. The minimum atomic E-state index is -0.881. The second-order valence-electron chi connectivity index (χ2n) is 4.48. The third-order valence-electron chi connectivity index (χ3n) is 3.30. The van der Waals surface area contributed by atoms with Gasteiger partial charge in [-0.25, -0.2) is 0 Å². The molecule has 0 radical (unpaired) electrons. The molecule has 0 saturated heterocycles. The Balaban J connectivity index is 2.11. The van der Waals surface area contributed by atoms with E-state index in [1.807, 2.05) is 0 Å². The fraction of sp³-hybridized carbons (Fsp3) is 0.583. The molecule has 1 heterocycles. The first kappa shape index (κ1) is 11.6. The molecule has 0 bridgehead atoms. The molecule has 5 heteroatoms. The number of carbonyl (C=O) groups is 1. The molecule has 0 atom stereocenters. The number of nitrogens with one attached hydrogen (secondary N) is 1. The van der Waals surface area contributed by atoms with E-state index in [2.05, 4.69) is 21.1 Å². The molecule has 90 valence electrons. The molecular formula is C12H15N3O2. The molecule has 0 spiro atoms. The van der Waals surface area contributed by atoms with Crippen LogP contribution < -0.4 is 5.32 Å². The number of amides is 1. The van der Waals surface area contributed by atoms with E-state index < -0.39 is 5.41 Å². The van der Waals surface area contributed by atoms with Crippen LogP contribution in [0.3, 0.4) is 0 Å². The highest BCUT2D eigenvalue weighted by Gasteiger charge is 2.38. The van der Waals surface area contributed by atoms with Crippen molar-refractivity contribution in [1.29, 1.82) is 5.26 Å². The van der Waals surface area contributed by atoms with Crippen LogP contribution in [-0.2, 0) is 4.79 Å². The highest BCUT2D eigenvalue weighted by Crippen LogP contribution is 2.35. The van der Waals surface area contributed by atoms with Gasteiger partial charge >= 0.3 is 0 Å². The summed E-state index contributed by atoms with van der Waals surface area (Å²) in [6, 6.07) is 2.21. The van der Waals surface area contributed by atoms with Crippen molar-refractivity contribution in [1.82, 2.24) is 5.16 Å². The van der Waals surface area contributed by atoms with Gasteiger partial charge in [-0.3, -0.25) is 4.79 Å². The summed E-state index contributed by atoms with van der Waals surface area (Å²) < 4.78 is 4.65. The van der Waals surface area contributed by atoms with Gasteiger partial charge in [-0.05, 0) is 12.8 Å². The molecule has 1 saturated carbocycles. The predicted octanol–water partition coefficient (Wildman–Crippen LogP) is 2.48. The van der Waals surface area contributed by atoms with Gasteiger partial charge in [0, 0.05) is 0 Å². The van der Waals surface area contributed by atoms with Gasteiger partial charge in [0.25, 0.3) is 0 Å². The molecule has 1 aliphatic carbocycles. The summed E-state index contributed by atoms with van der Waals surface area (Å²) in [6.07, 6.45) is 8.14. The van der Waals surface area contributed by atoms with Gasteiger partial charge in [0.2, 0.25) is 5.91 Å². The van der Waals surface area contributed by atoms with Gasteiger partial charge in [0.1, 0.15) is 17.4 Å². The highest BCUT2D eigenvalue weighted by atomic mass is 16.5. The summed E-state index contributed by atoms with van der Waals surface area (Å²) in [7, 11) is 0. The summed E-state index contributed by atoms with van der Waals surface area (Å²) in [4.78, 5) is 12.2. The van der Waals surface area contributed by atoms with Crippen molar-refractivity contribution in [3.05, 3.63) is 12.5 Å². The van der Waals surface area contributed by atoms with Crippen molar-refractivity contribution in [2.45, 2.75) is 38.5 Å². The van der Waals surface area contributed by atoms with Crippen molar-refractivity contribution in [2.24, 2.45) is 5.41 Å². The number of rotatable bonds is 2. The fourth-order valence-corrected chi connectivity index (χ4v) is 2.24. The van der Waals surface area contributed by atoms with Crippen LogP contribution in [0.25, 0.3) is 0 Å². The van der Waals surface area contributed by atoms with Crippen molar-refractivity contribution < 1.29 is 9.32 Å². The van der Waals surface area contributed by atoms with E-state index in [9.17, 15) is 10.1 Å². The minimum Gasteiger partial charge on any atom is -0.363 e. The Hall–Kier alpha value is -1.83. The molecule has 1 amide bonds. The maximum atomic E-state index is 12.2. The monoisotopic (exact) mass is 233 g/mol. The molecule has 0 aromatic carbocycles. The van der Waals surface area contributed by atoms with Crippen LogP contribution in [-0.4, -0.2) is 11.1 Å². The van der Waals surface area contributed by atoms with Crippen LogP contribution in [0.4, 0.5) is 5.69 Å². The average molecular weight is 233 g/mol. The fourth-order valence-electron chi connectivity index (χ4n) is 2.24. The zero-order valence-corrected chi connectivity index (χ0v) is 9.61. The molecule has 0 unspecified atom stereocenters. The normalized spacial score (nSPS) is 19.0. The van der Waals surface area contributed by atoms with E-state index in [1.165, 1.54) is 12.5 Å². The zero-order valence-electron chi connectivity index (χ0n) is 9.61. The first-order valence-corrected chi connectivity index (χ1v) is 5.89. The molecule has 17 heavy (non-hydrogen) atoms. The summed E-state index contributed by atoms with van der Waals surface area (Å²) in [6.45, 7) is 0. The van der Waals surface area contributed by atoms with Gasteiger partial charge in [-0.1, -0.05) is 30.8 Å². The SMILES string of the molecule is N#CC1(C(=O)Nc2cnoc2)CCCCCC1. The highest BCUT2D eigenvalue weighted by molar-refractivity contribution is 5.96. The van der Waals surface area contributed by atoms with E-state index in [0.29, 0.717) is 18.5 Å². The lowest BCUT2D eigenvalue weighted by Gasteiger charge is -2.22. The van der Waals surface area contributed by atoms with Crippen LogP contribution in [0.15, 0.2) is 17.0 Å². The maximum absolute atomic E-state index is 12.2. The Morgan fingerprint density at radius 1 is 1.41 bits per heavy atom. The smallest absolute Gasteiger partial charge is 0.244 e. The van der Waals surface area contributed by atoms with Crippen molar-refractivity contribution >= 4 is 11.6 Å². The number of hydrogen-bond donors (Lipinski definition) is 1.